The summed E-state index contributed by atoms with van der Waals surface area (Å²) < 4.78 is 0. The zero-order chi connectivity index (χ0) is 8.39. The molecule has 0 spiro atoms. The van der Waals surface area contributed by atoms with Gasteiger partial charge in [0.1, 0.15) is 0 Å². The zero-order valence-corrected chi connectivity index (χ0v) is 9.83. The Bertz CT molecular complexity index is 457. The van der Waals surface area contributed by atoms with Crippen molar-refractivity contribution in [2.45, 2.75) is 0 Å². The van der Waals surface area contributed by atoms with Gasteiger partial charge in [-0.15, -0.1) is 16.8 Å². The summed E-state index contributed by atoms with van der Waals surface area (Å²) in [4.78, 5) is 0. The minimum atomic E-state index is 0. The Labute approximate surface area is 102 Å². The van der Waals surface area contributed by atoms with E-state index >= 15 is 0 Å². The predicted molar refractivity (Wildman–Crippen MR) is 47.5 cm³/mol. The first-order valence-corrected chi connectivity index (χ1v) is 3.70. The minimum Gasteiger partial charge on any atom is -0.192 e. The molecule has 0 saturated heterocycles. The molecule has 1 radical (unpaired) electrons. The third-order valence-corrected chi connectivity index (χ3v) is 1.81. The molecule has 59 valence electrons. The van der Waals surface area contributed by atoms with Gasteiger partial charge in [0.2, 0.25) is 0 Å². The van der Waals surface area contributed by atoms with E-state index < -0.39 is 0 Å². The summed E-state index contributed by atoms with van der Waals surface area (Å²) in [5.41, 5.74) is 0.703. The smallest absolute Gasteiger partial charge is 0.0990 e. The summed E-state index contributed by atoms with van der Waals surface area (Å²) in [6.45, 7) is 0. The third kappa shape index (κ3) is 2.15. The van der Waals surface area contributed by atoms with Crippen LogP contribution in [-0.4, -0.2) is 0 Å². The van der Waals surface area contributed by atoms with E-state index in [9.17, 15) is 0 Å². The van der Waals surface area contributed by atoms with Crippen LogP contribution in [0.4, 0.5) is 0 Å². The van der Waals surface area contributed by atoms with Gasteiger partial charge in [-0.2, -0.15) is 29.5 Å². The average Bonchev–Trinajstić information content (AvgIpc) is 2.17. The standard InChI is InChI=1S/C11H6N.Y/c12-8-9-5-6-10-3-1-2-4-11(10)7-9;/h2-7H;/q-1;. The van der Waals surface area contributed by atoms with Crippen LogP contribution in [0.25, 0.3) is 10.8 Å². The van der Waals surface area contributed by atoms with E-state index in [1.54, 1.807) is 0 Å². The second-order valence-electron chi connectivity index (χ2n) is 2.60. The molecule has 0 atom stereocenters. The van der Waals surface area contributed by atoms with Crippen LogP contribution in [0.2, 0.25) is 0 Å². The van der Waals surface area contributed by atoms with Crippen LogP contribution in [0.1, 0.15) is 5.56 Å². The van der Waals surface area contributed by atoms with Gasteiger partial charge in [0, 0.05) is 38.3 Å². The van der Waals surface area contributed by atoms with Gasteiger partial charge in [-0.3, -0.25) is 0 Å². The molecule has 0 N–H and O–H groups in total. The summed E-state index contributed by atoms with van der Waals surface area (Å²) in [6.07, 6.45) is 0. The van der Waals surface area contributed by atoms with Gasteiger partial charge < -0.3 is 0 Å². The first-order valence-electron chi connectivity index (χ1n) is 3.70. The SMILES string of the molecule is N#Cc1ccc2c[c-]ccc2c1.[Y]. The van der Waals surface area contributed by atoms with Crippen molar-refractivity contribution >= 4 is 10.8 Å². The van der Waals surface area contributed by atoms with Gasteiger partial charge in [-0.1, -0.05) is 12.1 Å². The van der Waals surface area contributed by atoms with Crippen LogP contribution in [0.5, 0.6) is 0 Å². The molecule has 13 heavy (non-hydrogen) atoms. The normalized spacial score (nSPS) is 8.85. The Morgan fingerprint density at radius 1 is 1.15 bits per heavy atom. The summed E-state index contributed by atoms with van der Waals surface area (Å²) in [5, 5.41) is 10.9. The molecule has 0 fully saturated rings. The number of fused-ring (bicyclic) bond motifs is 1. The van der Waals surface area contributed by atoms with Gasteiger partial charge in [0.25, 0.3) is 0 Å². The van der Waals surface area contributed by atoms with Gasteiger partial charge in [-0.25, -0.2) is 0 Å². The summed E-state index contributed by atoms with van der Waals surface area (Å²) in [5.74, 6) is 0. The summed E-state index contributed by atoms with van der Waals surface area (Å²) in [7, 11) is 0. The van der Waals surface area contributed by atoms with Crippen LogP contribution in [-0.2, 0) is 32.7 Å². The molecule has 0 heterocycles. The van der Waals surface area contributed by atoms with Crippen molar-refractivity contribution in [1.82, 2.24) is 0 Å². The average molecular weight is 241 g/mol. The molecule has 0 unspecified atom stereocenters. The zero-order valence-electron chi connectivity index (χ0n) is 6.99. The quantitative estimate of drug-likeness (QED) is 0.650. The number of benzene rings is 2. The fourth-order valence-electron chi connectivity index (χ4n) is 1.20. The maximum Gasteiger partial charge on any atom is 0.0990 e. The topological polar surface area (TPSA) is 23.8 Å². The molecular formula is C11H6NY-. The van der Waals surface area contributed by atoms with Crippen molar-refractivity contribution in [3.63, 3.8) is 0 Å². The van der Waals surface area contributed by atoms with Crippen molar-refractivity contribution in [2.24, 2.45) is 0 Å². The van der Waals surface area contributed by atoms with E-state index in [-0.39, 0.29) is 32.7 Å². The Morgan fingerprint density at radius 3 is 2.77 bits per heavy atom. The van der Waals surface area contributed by atoms with Gasteiger partial charge in [0.05, 0.1) is 6.07 Å². The fraction of sp³-hybridized carbons (Fsp3) is 0. The van der Waals surface area contributed by atoms with E-state index in [0.717, 1.165) is 10.8 Å². The fourth-order valence-corrected chi connectivity index (χ4v) is 1.20. The predicted octanol–water partition coefficient (Wildman–Crippen LogP) is 2.51. The summed E-state index contributed by atoms with van der Waals surface area (Å²) >= 11 is 0. The van der Waals surface area contributed by atoms with E-state index in [2.05, 4.69) is 12.1 Å². The van der Waals surface area contributed by atoms with E-state index in [1.807, 2.05) is 36.4 Å². The minimum absolute atomic E-state index is 0. The van der Waals surface area contributed by atoms with Gasteiger partial charge in [0.15, 0.2) is 0 Å². The number of hydrogen-bond acceptors (Lipinski definition) is 1. The second kappa shape index (κ2) is 4.51. The largest absolute Gasteiger partial charge is 0.192 e. The Hall–Kier alpha value is -0.706. The monoisotopic (exact) mass is 241 g/mol. The van der Waals surface area contributed by atoms with E-state index in [4.69, 9.17) is 5.26 Å². The van der Waals surface area contributed by atoms with Crippen LogP contribution in [0.3, 0.4) is 0 Å². The third-order valence-electron chi connectivity index (χ3n) is 1.81. The molecule has 0 bridgehead atoms. The van der Waals surface area contributed by atoms with E-state index in [1.165, 1.54) is 0 Å². The molecule has 0 aliphatic heterocycles. The molecule has 0 aliphatic carbocycles. The first-order chi connectivity index (χ1) is 5.90. The molecule has 2 heteroatoms. The molecule has 0 aliphatic rings. The maximum atomic E-state index is 8.64. The molecule has 0 aromatic heterocycles. The van der Waals surface area contributed by atoms with Crippen molar-refractivity contribution in [2.75, 3.05) is 0 Å². The van der Waals surface area contributed by atoms with Crippen LogP contribution in [0.15, 0.2) is 36.4 Å². The van der Waals surface area contributed by atoms with Crippen molar-refractivity contribution in [3.8, 4) is 6.07 Å². The molecular weight excluding hydrogens is 235 g/mol. The number of nitrogens with zero attached hydrogens (tertiary/aromatic N) is 1. The first kappa shape index (κ1) is 10.4. The van der Waals surface area contributed by atoms with Crippen LogP contribution >= 0.6 is 0 Å². The molecule has 0 amide bonds. The Kier molecular flexibility index (Phi) is 3.60. The molecule has 2 aromatic carbocycles. The molecule has 2 aromatic rings. The van der Waals surface area contributed by atoms with Gasteiger partial charge in [-0.05, 0) is 0 Å². The van der Waals surface area contributed by atoms with Crippen molar-refractivity contribution < 1.29 is 32.7 Å². The Morgan fingerprint density at radius 2 is 2.00 bits per heavy atom. The van der Waals surface area contributed by atoms with E-state index in [0.29, 0.717) is 5.56 Å². The number of nitriles is 1. The number of hydrogen-bond donors (Lipinski definition) is 0. The Balaban J connectivity index is 0.000000845. The van der Waals surface area contributed by atoms with Crippen LogP contribution in [0, 0.1) is 17.4 Å². The van der Waals surface area contributed by atoms with Crippen molar-refractivity contribution in [3.05, 3.63) is 48.0 Å². The van der Waals surface area contributed by atoms with Crippen LogP contribution < -0.4 is 0 Å². The molecule has 1 nitrogen and oxygen atoms in total. The molecule has 0 saturated carbocycles. The summed E-state index contributed by atoms with van der Waals surface area (Å²) in [6, 6.07) is 16.4. The van der Waals surface area contributed by atoms with Crippen molar-refractivity contribution in [1.29, 1.82) is 5.26 Å². The number of rotatable bonds is 0. The van der Waals surface area contributed by atoms with Gasteiger partial charge >= 0.3 is 0 Å². The molecule has 2 rings (SSSR count). The second-order valence-corrected chi connectivity index (χ2v) is 2.60. The maximum absolute atomic E-state index is 8.64.